The van der Waals surface area contributed by atoms with Gasteiger partial charge in [-0.15, -0.1) is 0 Å². The van der Waals surface area contributed by atoms with Gasteiger partial charge in [0.15, 0.2) is 5.60 Å². The van der Waals surface area contributed by atoms with Crippen LogP contribution in [0, 0.1) is 27.7 Å². The Kier molecular flexibility index (Phi) is 5.65. The minimum Gasteiger partial charge on any atom is -0.368 e. The molecule has 1 unspecified atom stereocenters. The summed E-state index contributed by atoms with van der Waals surface area (Å²) in [5.74, 6) is 0. The molecule has 6 heteroatoms. The van der Waals surface area contributed by atoms with Crippen molar-refractivity contribution in [3.63, 3.8) is 0 Å². The van der Waals surface area contributed by atoms with Gasteiger partial charge in [-0.3, -0.25) is 0 Å². The minimum absolute atomic E-state index is 0.0289. The molecule has 1 N–H and O–H groups in total. The van der Waals surface area contributed by atoms with Crippen LogP contribution >= 0.6 is 0 Å². The molecule has 2 nitrogen and oxygen atoms in total. The summed E-state index contributed by atoms with van der Waals surface area (Å²) in [4.78, 5) is 1.09. The molecular formula is C28H30BF3NO+. The number of benzene rings is 3. The molecule has 176 valence electrons. The van der Waals surface area contributed by atoms with Crippen molar-refractivity contribution in [1.82, 2.24) is 0 Å². The lowest BCUT2D eigenvalue weighted by Crippen LogP contribution is -3.19. The second-order valence-corrected chi connectivity index (χ2v) is 10.1. The lowest BCUT2D eigenvalue weighted by atomic mass is 9.69. The lowest BCUT2D eigenvalue weighted by molar-refractivity contribution is -0.799. The molecule has 0 aromatic heterocycles. The number of hydrogen-bond acceptors (Lipinski definition) is 1. The summed E-state index contributed by atoms with van der Waals surface area (Å²) in [6.45, 7) is 9.05. The zero-order valence-electron chi connectivity index (χ0n) is 20.1. The van der Waals surface area contributed by atoms with Crippen molar-refractivity contribution in [3.8, 4) is 0 Å². The highest BCUT2D eigenvalue weighted by Crippen LogP contribution is 2.43. The van der Waals surface area contributed by atoms with E-state index in [1.165, 1.54) is 12.1 Å². The molecule has 2 saturated heterocycles. The number of alkyl halides is 3. The average molecular weight is 464 g/mol. The van der Waals surface area contributed by atoms with E-state index < -0.39 is 24.4 Å². The Bertz CT molecular complexity index is 1150. The molecule has 0 radical (unpaired) electrons. The Balaban J connectivity index is 1.77. The van der Waals surface area contributed by atoms with Crippen molar-refractivity contribution in [1.29, 1.82) is 0 Å². The monoisotopic (exact) mass is 464 g/mol. The predicted octanol–water partition coefficient (Wildman–Crippen LogP) is 4.66. The fourth-order valence-corrected chi connectivity index (χ4v) is 6.32. The molecule has 0 bridgehead atoms. The molecule has 0 spiro atoms. The van der Waals surface area contributed by atoms with Gasteiger partial charge in [0.2, 0.25) is 0 Å². The van der Waals surface area contributed by atoms with Crippen LogP contribution in [0.4, 0.5) is 13.2 Å². The maximum atomic E-state index is 14.0. The number of nitrogens with one attached hydrogen (secondary N) is 1. The van der Waals surface area contributed by atoms with Gasteiger partial charge in [-0.2, -0.15) is 13.2 Å². The van der Waals surface area contributed by atoms with Crippen LogP contribution < -0.4 is 10.3 Å². The molecule has 3 aromatic rings. The quantitative estimate of drug-likeness (QED) is 0.557. The zero-order valence-corrected chi connectivity index (χ0v) is 20.1. The number of rotatable bonds is 3. The summed E-state index contributed by atoms with van der Waals surface area (Å²) in [6, 6.07) is 18.8. The van der Waals surface area contributed by atoms with Crippen molar-refractivity contribution in [2.45, 2.75) is 58.4 Å². The van der Waals surface area contributed by atoms with Gasteiger partial charge in [-0.1, -0.05) is 82.9 Å². The zero-order chi connectivity index (χ0) is 24.3. The van der Waals surface area contributed by atoms with Gasteiger partial charge >= 0.3 is 13.2 Å². The van der Waals surface area contributed by atoms with Crippen molar-refractivity contribution in [2.75, 3.05) is 6.54 Å². The van der Waals surface area contributed by atoms with Crippen LogP contribution in [0.3, 0.4) is 0 Å². The van der Waals surface area contributed by atoms with E-state index in [1.807, 2.05) is 0 Å². The summed E-state index contributed by atoms with van der Waals surface area (Å²) in [6.07, 6.45) is -2.56. The molecule has 0 aliphatic carbocycles. The summed E-state index contributed by atoms with van der Waals surface area (Å²) in [5, 5.41) is 0. The summed E-state index contributed by atoms with van der Waals surface area (Å²) >= 11 is 0. The van der Waals surface area contributed by atoms with Gasteiger partial charge in [0.05, 0.1) is 12.1 Å². The number of halogens is 3. The van der Waals surface area contributed by atoms with E-state index in [9.17, 15) is 13.2 Å². The first-order valence-electron chi connectivity index (χ1n) is 12.0. The van der Waals surface area contributed by atoms with Crippen LogP contribution in [0.15, 0.2) is 60.7 Å². The smallest absolute Gasteiger partial charge is 0.368 e. The highest BCUT2D eigenvalue weighted by Gasteiger charge is 2.65. The van der Waals surface area contributed by atoms with Gasteiger partial charge in [-0.25, -0.2) is 0 Å². The molecule has 2 aliphatic heterocycles. The van der Waals surface area contributed by atoms with Crippen LogP contribution in [0.1, 0.15) is 51.8 Å². The number of fused-ring (bicyclic) bond motifs is 1. The second kappa shape index (κ2) is 8.28. The van der Waals surface area contributed by atoms with Crippen molar-refractivity contribution in [3.05, 3.63) is 99.6 Å². The Morgan fingerprint density at radius 2 is 1.38 bits per heavy atom. The van der Waals surface area contributed by atoms with E-state index in [4.69, 9.17) is 4.65 Å². The van der Waals surface area contributed by atoms with Gasteiger partial charge < -0.3 is 9.47 Å². The maximum absolute atomic E-state index is 14.0. The molecule has 5 rings (SSSR count). The third kappa shape index (κ3) is 3.77. The highest BCUT2D eigenvalue weighted by molar-refractivity contribution is 6.60. The van der Waals surface area contributed by atoms with Crippen molar-refractivity contribution >= 4 is 12.5 Å². The van der Waals surface area contributed by atoms with E-state index in [2.05, 4.69) is 64.1 Å². The second-order valence-electron chi connectivity index (χ2n) is 10.1. The molecule has 2 atom stereocenters. The molecule has 0 amide bonds. The molecule has 2 heterocycles. The standard InChI is InChI=1S/C28H29BF3NO/c1-18-12-19(2)15-22(14-18)27(23-16-20(3)13-21(4)17-23)26-10-7-11-33(26)29(34-27)25-9-6-5-8-24(25)28(30,31)32/h5-6,8-9,12-17,26H,7,10-11H2,1-4H3/p+1/t26-/m0/s1. The van der Waals surface area contributed by atoms with Gasteiger partial charge in [-0.05, 0) is 38.8 Å². The Hall–Kier alpha value is -2.57. The first-order valence-corrected chi connectivity index (χ1v) is 12.0. The largest absolute Gasteiger partial charge is 0.611 e. The number of hydrogen-bond donors (Lipinski definition) is 1. The van der Waals surface area contributed by atoms with E-state index in [-0.39, 0.29) is 11.5 Å². The minimum atomic E-state index is -4.43. The maximum Gasteiger partial charge on any atom is 0.611 e. The fourth-order valence-electron chi connectivity index (χ4n) is 6.32. The third-order valence-electron chi connectivity index (χ3n) is 7.39. The van der Waals surface area contributed by atoms with E-state index >= 15 is 0 Å². The summed E-state index contributed by atoms with van der Waals surface area (Å²) < 4.78 is 49.1. The van der Waals surface area contributed by atoms with Crippen molar-refractivity contribution in [2.24, 2.45) is 0 Å². The summed E-state index contributed by atoms with van der Waals surface area (Å²) in [7, 11) is -0.688. The number of aryl methyl sites for hydroxylation is 4. The van der Waals surface area contributed by atoms with Gasteiger partial charge in [0, 0.05) is 18.3 Å². The van der Waals surface area contributed by atoms with E-state index in [0.717, 1.165) is 57.6 Å². The highest BCUT2D eigenvalue weighted by atomic mass is 19.4. The average Bonchev–Trinajstić information content (AvgIpc) is 3.34. The van der Waals surface area contributed by atoms with Crippen molar-refractivity contribution < 1.29 is 22.6 Å². The Labute approximate surface area is 199 Å². The predicted molar refractivity (Wildman–Crippen MR) is 129 cm³/mol. The topological polar surface area (TPSA) is 13.7 Å². The normalized spacial score (nSPS) is 21.7. The molecule has 2 fully saturated rings. The lowest BCUT2D eigenvalue weighted by Gasteiger charge is -2.34. The first kappa shape index (κ1) is 23.2. The Morgan fingerprint density at radius 1 is 0.853 bits per heavy atom. The number of quaternary nitrogens is 1. The molecule has 2 aliphatic rings. The van der Waals surface area contributed by atoms with Crippen LogP contribution in [0.5, 0.6) is 0 Å². The van der Waals surface area contributed by atoms with E-state index in [1.54, 1.807) is 12.1 Å². The van der Waals surface area contributed by atoms with Crippen LogP contribution in [-0.2, 0) is 16.4 Å². The van der Waals surface area contributed by atoms with Crippen LogP contribution in [0.25, 0.3) is 0 Å². The van der Waals surface area contributed by atoms with E-state index in [0.29, 0.717) is 0 Å². The molecular weight excluding hydrogens is 434 g/mol. The van der Waals surface area contributed by atoms with Crippen LogP contribution in [0.2, 0.25) is 0 Å². The Morgan fingerprint density at radius 3 is 1.91 bits per heavy atom. The van der Waals surface area contributed by atoms with Gasteiger partial charge in [0.1, 0.15) is 6.04 Å². The van der Waals surface area contributed by atoms with Crippen LogP contribution in [-0.4, -0.2) is 19.6 Å². The first-order chi connectivity index (χ1) is 16.1. The summed E-state index contributed by atoms with van der Waals surface area (Å²) in [5.41, 5.74) is 5.38. The molecule has 34 heavy (non-hydrogen) atoms. The molecule has 3 aromatic carbocycles. The van der Waals surface area contributed by atoms with Gasteiger partial charge in [0.25, 0.3) is 0 Å². The SMILES string of the molecule is Cc1cc(C)cc(C2(c3cc(C)cc(C)c3)OB(c3ccccc3C(F)(F)F)[NH+]3CCC[C@H]32)c1. The molecule has 0 saturated carbocycles. The third-order valence-corrected chi connectivity index (χ3v) is 7.39. The fraction of sp³-hybridized carbons (Fsp3) is 0.357.